The van der Waals surface area contributed by atoms with E-state index in [1.165, 1.54) is 15.4 Å². The molecular weight excluding hydrogens is 530 g/mol. The van der Waals surface area contributed by atoms with E-state index in [0.29, 0.717) is 39.3 Å². The summed E-state index contributed by atoms with van der Waals surface area (Å²) in [5.41, 5.74) is 4.17. The lowest BCUT2D eigenvalue weighted by Crippen LogP contribution is -2.42. The average molecular weight is 561 g/mol. The molecule has 8 nitrogen and oxygen atoms in total. The molecule has 5 rings (SSSR count). The summed E-state index contributed by atoms with van der Waals surface area (Å²) in [6.45, 7) is 5.44. The van der Waals surface area contributed by atoms with Crippen molar-refractivity contribution in [2.24, 2.45) is 0 Å². The predicted molar refractivity (Wildman–Crippen MR) is 152 cm³/mol. The number of hydrogen-bond acceptors (Lipinski definition) is 5. The van der Waals surface area contributed by atoms with Crippen LogP contribution in [0.5, 0.6) is 0 Å². The van der Waals surface area contributed by atoms with Gasteiger partial charge in [0.05, 0.1) is 17.3 Å². The predicted octanol–water partition coefficient (Wildman–Crippen LogP) is 5.72. The Morgan fingerprint density at radius 2 is 1.71 bits per heavy atom. The molecule has 3 heterocycles. The molecule has 1 atom stereocenters. The van der Waals surface area contributed by atoms with Crippen LogP contribution in [0.1, 0.15) is 63.2 Å². The van der Waals surface area contributed by atoms with Crippen molar-refractivity contribution in [1.29, 1.82) is 0 Å². The summed E-state index contributed by atoms with van der Waals surface area (Å²) < 4.78 is 28.5. The number of aromatic carboxylic acids is 1. The number of piperidine rings is 1. The molecule has 2 aromatic heterocycles. The molecule has 2 N–H and O–H groups in total. The Balaban J connectivity index is 1.50. The van der Waals surface area contributed by atoms with Crippen LogP contribution in [0.2, 0.25) is 0 Å². The van der Waals surface area contributed by atoms with E-state index in [9.17, 15) is 28.3 Å². The zero-order chi connectivity index (χ0) is 29.5. The summed E-state index contributed by atoms with van der Waals surface area (Å²) in [4.78, 5) is 44.4. The van der Waals surface area contributed by atoms with Crippen LogP contribution in [0.4, 0.5) is 14.5 Å². The number of nitrogens with one attached hydrogen (secondary N) is 1. The highest BCUT2D eigenvalue weighted by atomic mass is 19.3. The van der Waals surface area contributed by atoms with Gasteiger partial charge in [-0.15, -0.1) is 0 Å². The fraction of sp³-hybridized carbons (Fsp3) is 0.290. The van der Waals surface area contributed by atoms with Gasteiger partial charge in [-0.05, 0) is 56.7 Å². The van der Waals surface area contributed by atoms with Gasteiger partial charge in [0, 0.05) is 60.1 Å². The van der Waals surface area contributed by atoms with E-state index >= 15 is 0 Å². The molecule has 0 spiro atoms. The van der Waals surface area contributed by atoms with Crippen LogP contribution in [-0.2, 0) is 0 Å². The Morgan fingerprint density at radius 3 is 2.37 bits per heavy atom. The minimum atomic E-state index is -2.74. The molecule has 0 bridgehead atoms. The van der Waals surface area contributed by atoms with Crippen LogP contribution in [0, 0.1) is 13.8 Å². The molecule has 0 unspecified atom stereocenters. The molecule has 0 radical (unpaired) electrons. The first-order chi connectivity index (χ1) is 19.4. The smallest absolute Gasteiger partial charge is 0.337 e. The zero-order valence-electron chi connectivity index (χ0n) is 22.9. The van der Waals surface area contributed by atoms with E-state index < -0.39 is 17.9 Å². The van der Waals surface area contributed by atoms with Gasteiger partial charge < -0.3 is 15.3 Å². The van der Waals surface area contributed by atoms with Crippen LogP contribution in [0.15, 0.2) is 65.6 Å². The number of fused-ring (bicyclic) bond motifs is 1. The molecular formula is C31H30F2N4O4. The lowest BCUT2D eigenvalue weighted by molar-refractivity contribution is -0.0494. The number of hydrogen-bond donors (Lipinski definition) is 2. The van der Waals surface area contributed by atoms with Gasteiger partial charge in [-0.25, -0.2) is 18.6 Å². The van der Waals surface area contributed by atoms with E-state index in [-0.39, 0.29) is 43.0 Å². The molecule has 10 heteroatoms. The number of nitrogens with zero attached hydrogens (tertiary/aromatic N) is 3. The summed E-state index contributed by atoms with van der Waals surface area (Å²) in [5.74, 6) is -4.10. The Bertz CT molecular complexity index is 1710. The molecule has 0 saturated carbocycles. The Labute approximate surface area is 235 Å². The second-order valence-corrected chi connectivity index (χ2v) is 10.5. The van der Waals surface area contributed by atoms with Crippen molar-refractivity contribution in [3.63, 3.8) is 0 Å². The highest BCUT2D eigenvalue weighted by Gasteiger charge is 2.35. The van der Waals surface area contributed by atoms with Crippen molar-refractivity contribution in [3.8, 4) is 11.3 Å². The fourth-order valence-corrected chi connectivity index (χ4v) is 5.19. The number of rotatable bonds is 6. The number of likely N-dealkylation sites (tertiary alicyclic amines) is 1. The first-order valence-electron chi connectivity index (χ1n) is 13.3. The van der Waals surface area contributed by atoms with Crippen molar-refractivity contribution in [3.05, 3.63) is 99.0 Å². The Kier molecular flexibility index (Phi) is 7.33. The summed E-state index contributed by atoms with van der Waals surface area (Å²) >= 11 is 0. The number of amides is 1. The van der Waals surface area contributed by atoms with Gasteiger partial charge in [0.2, 0.25) is 0 Å². The third-order valence-electron chi connectivity index (χ3n) is 7.50. The Morgan fingerprint density at radius 1 is 1.05 bits per heavy atom. The SMILES string of the molecule is Cc1cc([C@@H](C)Nc2ccccc2C(=O)O)c2nc(-c3ccc(C(=O)N4CCC(F)(F)CC4)cc3)c(C)c(=O)n2c1. The van der Waals surface area contributed by atoms with E-state index in [1.807, 2.05) is 19.9 Å². The molecule has 1 amide bonds. The third-order valence-corrected chi connectivity index (χ3v) is 7.50. The molecule has 1 saturated heterocycles. The van der Waals surface area contributed by atoms with Crippen LogP contribution in [0.3, 0.4) is 0 Å². The van der Waals surface area contributed by atoms with Crippen LogP contribution in [-0.4, -0.2) is 50.3 Å². The highest BCUT2D eigenvalue weighted by molar-refractivity contribution is 5.95. The fourth-order valence-electron chi connectivity index (χ4n) is 5.19. The number of aromatic nitrogens is 2. The molecule has 1 fully saturated rings. The first-order valence-corrected chi connectivity index (χ1v) is 13.3. The topological polar surface area (TPSA) is 104 Å². The summed E-state index contributed by atoms with van der Waals surface area (Å²) in [6.07, 6.45) is 1.02. The van der Waals surface area contributed by atoms with Crippen LogP contribution >= 0.6 is 0 Å². The van der Waals surface area contributed by atoms with Gasteiger partial charge in [-0.2, -0.15) is 0 Å². The van der Waals surface area contributed by atoms with Gasteiger partial charge >= 0.3 is 5.97 Å². The monoisotopic (exact) mass is 560 g/mol. The number of carbonyl (C=O) groups excluding carboxylic acids is 1. The van der Waals surface area contributed by atoms with Crippen LogP contribution in [0.25, 0.3) is 16.9 Å². The largest absolute Gasteiger partial charge is 0.478 e. The van der Waals surface area contributed by atoms with Crippen molar-refractivity contribution >= 4 is 23.2 Å². The number of carboxylic acids is 1. The maximum Gasteiger partial charge on any atom is 0.337 e. The van der Waals surface area contributed by atoms with Crippen molar-refractivity contribution < 1.29 is 23.5 Å². The number of pyridine rings is 1. The van der Waals surface area contributed by atoms with E-state index in [4.69, 9.17) is 4.98 Å². The molecule has 1 aliphatic heterocycles. The lowest BCUT2D eigenvalue weighted by atomic mass is 10.0. The highest BCUT2D eigenvalue weighted by Crippen LogP contribution is 2.30. The van der Waals surface area contributed by atoms with Gasteiger partial charge in [0.1, 0.15) is 5.65 Å². The lowest BCUT2D eigenvalue weighted by Gasteiger charge is -2.31. The number of para-hydroxylation sites is 1. The summed E-state index contributed by atoms with van der Waals surface area (Å²) in [6, 6.07) is 14.8. The number of alkyl halides is 2. The summed E-state index contributed by atoms with van der Waals surface area (Å²) in [5, 5.41) is 12.8. The van der Waals surface area contributed by atoms with Gasteiger partial charge in [0.15, 0.2) is 0 Å². The molecule has 41 heavy (non-hydrogen) atoms. The second kappa shape index (κ2) is 10.8. The van der Waals surface area contributed by atoms with Crippen LogP contribution < -0.4 is 10.9 Å². The zero-order valence-corrected chi connectivity index (χ0v) is 22.9. The molecule has 4 aromatic rings. The number of carboxylic acid groups (broad SMARTS) is 1. The maximum atomic E-state index is 13.5. The third kappa shape index (κ3) is 5.54. The average Bonchev–Trinajstić information content (AvgIpc) is 2.94. The summed E-state index contributed by atoms with van der Waals surface area (Å²) in [7, 11) is 0. The number of aryl methyl sites for hydroxylation is 1. The Hall–Kier alpha value is -4.60. The van der Waals surface area contributed by atoms with Crippen molar-refractivity contribution in [2.75, 3.05) is 18.4 Å². The van der Waals surface area contributed by atoms with Crippen molar-refractivity contribution in [1.82, 2.24) is 14.3 Å². The van der Waals surface area contributed by atoms with Crippen molar-refractivity contribution in [2.45, 2.75) is 45.6 Å². The van der Waals surface area contributed by atoms with E-state index in [0.717, 1.165) is 5.56 Å². The van der Waals surface area contributed by atoms with Gasteiger partial charge in [0.25, 0.3) is 17.4 Å². The quantitative estimate of drug-likeness (QED) is 0.313. The first kappa shape index (κ1) is 27.9. The minimum Gasteiger partial charge on any atom is -0.478 e. The number of carbonyl (C=O) groups is 2. The van der Waals surface area contributed by atoms with E-state index in [1.54, 1.807) is 55.6 Å². The number of anilines is 1. The normalized spacial score (nSPS) is 15.5. The van der Waals surface area contributed by atoms with E-state index in [2.05, 4.69) is 5.32 Å². The maximum absolute atomic E-state index is 13.5. The van der Waals surface area contributed by atoms with Gasteiger partial charge in [-0.3, -0.25) is 14.0 Å². The standard InChI is InChI=1S/C31H30F2N4O4/c1-18-16-24(20(3)34-25-7-5-4-6-23(25)30(40)41)27-35-26(19(2)28(38)37(27)17-18)21-8-10-22(11-9-21)29(39)36-14-12-31(32,33)13-15-36/h4-11,16-17,20,34H,12-15H2,1-3H3,(H,40,41)/t20-/m1/s1. The number of halogens is 2. The second-order valence-electron chi connectivity index (χ2n) is 10.5. The minimum absolute atomic E-state index is 0.00103. The molecule has 1 aliphatic rings. The number of benzene rings is 2. The van der Waals surface area contributed by atoms with Gasteiger partial charge in [-0.1, -0.05) is 24.3 Å². The molecule has 212 valence electrons. The molecule has 2 aromatic carbocycles. The molecule has 0 aliphatic carbocycles.